The van der Waals surface area contributed by atoms with Gasteiger partial charge in [0.05, 0.1) is 4.90 Å². The SMILES string of the molecule is Cc1ccc(CCC2C(c3ccc(S(N)(=O)=O)cc3)C2(C)C)c(C)c1. The van der Waals surface area contributed by atoms with Crippen LogP contribution in [0.4, 0.5) is 0 Å². The quantitative estimate of drug-likeness (QED) is 0.866. The van der Waals surface area contributed by atoms with Gasteiger partial charge in [-0.2, -0.15) is 0 Å². The van der Waals surface area contributed by atoms with Gasteiger partial charge < -0.3 is 0 Å². The highest BCUT2D eigenvalue weighted by atomic mass is 32.2. The summed E-state index contributed by atoms with van der Waals surface area (Å²) in [5.74, 6) is 1.10. The molecule has 3 rings (SSSR count). The molecule has 0 radical (unpaired) electrons. The van der Waals surface area contributed by atoms with Gasteiger partial charge >= 0.3 is 0 Å². The number of hydrogen-bond acceptors (Lipinski definition) is 2. The Bertz CT molecular complexity index is 883. The van der Waals surface area contributed by atoms with E-state index in [2.05, 4.69) is 45.9 Å². The molecule has 0 amide bonds. The number of hydrogen-bond donors (Lipinski definition) is 1. The van der Waals surface area contributed by atoms with Gasteiger partial charge in [-0.3, -0.25) is 0 Å². The fourth-order valence-electron chi connectivity index (χ4n) is 4.25. The Morgan fingerprint density at radius 2 is 1.68 bits per heavy atom. The molecule has 0 bridgehead atoms. The summed E-state index contributed by atoms with van der Waals surface area (Å²) in [6.07, 6.45) is 2.24. The molecule has 2 aromatic carbocycles. The lowest BCUT2D eigenvalue weighted by Gasteiger charge is -2.07. The molecule has 3 nitrogen and oxygen atoms in total. The van der Waals surface area contributed by atoms with Gasteiger partial charge in [-0.15, -0.1) is 0 Å². The Balaban J connectivity index is 1.71. The predicted molar refractivity (Wildman–Crippen MR) is 102 cm³/mol. The van der Waals surface area contributed by atoms with Crippen LogP contribution in [-0.2, 0) is 16.4 Å². The van der Waals surface area contributed by atoms with Crippen molar-refractivity contribution < 1.29 is 8.42 Å². The van der Waals surface area contributed by atoms with Gasteiger partial charge in [0.25, 0.3) is 0 Å². The van der Waals surface area contributed by atoms with Crippen molar-refractivity contribution in [3.63, 3.8) is 0 Å². The first-order valence-electron chi connectivity index (χ1n) is 8.79. The molecular weight excluding hydrogens is 330 g/mol. The highest BCUT2D eigenvalue weighted by Crippen LogP contribution is 2.66. The summed E-state index contributed by atoms with van der Waals surface area (Å²) in [7, 11) is -3.62. The van der Waals surface area contributed by atoms with Gasteiger partial charge in [-0.1, -0.05) is 49.7 Å². The first kappa shape index (κ1) is 18.2. The van der Waals surface area contributed by atoms with Crippen molar-refractivity contribution in [1.82, 2.24) is 0 Å². The van der Waals surface area contributed by atoms with Gasteiger partial charge in [0.2, 0.25) is 10.0 Å². The van der Waals surface area contributed by atoms with Crippen LogP contribution in [0.3, 0.4) is 0 Å². The van der Waals surface area contributed by atoms with Gasteiger partial charge in [0, 0.05) is 0 Å². The Morgan fingerprint density at radius 1 is 1.04 bits per heavy atom. The molecule has 25 heavy (non-hydrogen) atoms. The van der Waals surface area contributed by atoms with Gasteiger partial charge in [-0.25, -0.2) is 13.6 Å². The van der Waals surface area contributed by atoms with Crippen molar-refractivity contribution in [2.75, 3.05) is 0 Å². The molecule has 134 valence electrons. The Morgan fingerprint density at radius 3 is 2.24 bits per heavy atom. The van der Waals surface area contributed by atoms with E-state index in [1.54, 1.807) is 12.1 Å². The number of benzene rings is 2. The number of rotatable bonds is 5. The van der Waals surface area contributed by atoms with E-state index in [1.165, 1.54) is 22.3 Å². The van der Waals surface area contributed by atoms with Gasteiger partial charge in [0.1, 0.15) is 0 Å². The van der Waals surface area contributed by atoms with Gasteiger partial charge in [-0.05, 0) is 72.8 Å². The van der Waals surface area contributed by atoms with Crippen LogP contribution in [0.1, 0.15) is 48.4 Å². The normalized spacial score (nSPS) is 22.0. The lowest BCUT2D eigenvalue weighted by atomic mass is 9.98. The Labute approximate surface area is 151 Å². The molecule has 2 N–H and O–H groups in total. The van der Waals surface area contributed by atoms with Crippen molar-refractivity contribution in [3.8, 4) is 0 Å². The second kappa shape index (κ2) is 6.26. The van der Waals surface area contributed by atoms with Crippen LogP contribution in [-0.4, -0.2) is 8.42 Å². The maximum absolute atomic E-state index is 11.4. The molecule has 2 aromatic rings. The van der Waals surface area contributed by atoms with E-state index >= 15 is 0 Å². The third kappa shape index (κ3) is 3.65. The summed E-state index contributed by atoms with van der Waals surface area (Å²) in [6.45, 7) is 8.92. The zero-order valence-corrected chi connectivity index (χ0v) is 16.2. The van der Waals surface area contributed by atoms with E-state index in [0.29, 0.717) is 11.8 Å². The van der Waals surface area contributed by atoms with Crippen LogP contribution >= 0.6 is 0 Å². The van der Waals surface area contributed by atoms with Crippen LogP contribution in [0.2, 0.25) is 0 Å². The van der Waals surface area contributed by atoms with Crippen molar-refractivity contribution in [2.45, 2.75) is 51.3 Å². The molecule has 0 saturated heterocycles. The zero-order valence-electron chi connectivity index (χ0n) is 15.4. The van der Waals surface area contributed by atoms with Crippen LogP contribution in [0.15, 0.2) is 47.4 Å². The summed E-state index contributed by atoms with van der Waals surface area (Å²) in [5, 5.41) is 5.19. The van der Waals surface area contributed by atoms with Crippen LogP contribution in [0.25, 0.3) is 0 Å². The summed E-state index contributed by atoms with van der Waals surface area (Å²) < 4.78 is 22.8. The molecule has 4 heteroatoms. The molecular formula is C21H27NO2S. The summed E-state index contributed by atoms with van der Waals surface area (Å²) in [5.41, 5.74) is 5.56. The average Bonchev–Trinajstić information content (AvgIpc) is 3.06. The highest BCUT2D eigenvalue weighted by molar-refractivity contribution is 7.89. The van der Waals surface area contributed by atoms with Crippen LogP contribution in [0, 0.1) is 25.2 Å². The molecule has 1 fully saturated rings. The molecule has 1 aliphatic rings. The maximum atomic E-state index is 11.4. The third-order valence-corrected chi connectivity index (χ3v) is 6.77. The minimum Gasteiger partial charge on any atom is -0.225 e. The van der Waals surface area contributed by atoms with Crippen molar-refractivity contribution >= 4 is 10.0 Å². The molecule has 2 unspecified atom stereocenters. The molecule has 0 aromatic heterocycles. The number of aryl methyl sites for hydroxylation is 3. The maximum Gasteiger partial charge on any atom is 0.238 e. The monoisotopic (exact) mass is 357 g/mol. The van der Waals surface area contributed by atoms with Crippen LogP contribution in [0.5, 0.6) is 0 Å². The number of nitrogens with two attached hydrogens (primary N) is 1. The van der Waals surface area contributed by atoms with Crippen molar-refractivity contribution in [3.05, 3.63) is 64.7 Å². The minimum absolute atomic E-state index is 0.182. The lowest BCUT2D eigenvalue weighted by molar-refractivity contribution is 0.530. The third-order valence-electron chi connectivity index (χ3n) is 5.84. The highest BCUT2D eigenvalue weighted by Gasteiger charge is 2.57. The van der Waals surface area contributed by atoms with E-state index in [4.69, 9.17) is 5.14 Å². The largest absolute Gasteiger partial charge is 0.238 e. The van der Waals surface area contributed by atoms with Crippen molar-refractivity contribution in [1.29, 1.82) is 0 Å². The van der Waals surface area contributed by atoms with Gasteiger partial charge in [0.15, 0.2) is 0 Å². The van der Waals surface area contributed by atoms with E-state index in [0.717, 1.165) is 12.8 Å². The van der Waals surface area contributed by atoms with Crippen molar-refractivity contribution in [2.24, 2.45) is 16.5 Å². The van der Waals surface area contributed by atoms with E-state index in [1.807, 2.05) is 12.1 Å². The second-order valence-electron chi connectivity index (χ2n) is 7.99. The van der Waals surface area contributed by atoms with E-state index < -0.39 is 10.0 Å². The van der Waals surface area contributed by atoms with Crippen LogP contribution < -0.4 is 5.14 Å². The fraction of sp³-hybridized carbons (Fsp3) is 0.429. The fourth-order valence-corrected chi connectivity index (χ4v) is 4.76. The Hall–Kier alpha value is -1.65. The molecule has 0 aliphatic heterocycles. The molecule has 1 saturated carbocycles. The standard InChI is InChI=1S/C21H27NO2S/c1-14-5-6-16(15(2)13-14)9-12-19-20(21(19,3)4)17-7-10-18(11-8-17)25(22,23)24/h5-8,10-11,13,19-20H,9,12H2,1-4H3,(H2,22,23,24). The number of sulfonamides is 1. The Kier molecular flexibility index (Phi) is 4.54. The molecule has 2 atom stereocenters. The summed E-state index contributed by atoms with van der Waals surface area (Å²) in [6, 6.07) is 13.8. The summed E-state index contributed by atoms with van der Waals surface area (Å²) >= 11 is 0. The zero-order chi connectivity index (χ0) is 18.4. The summed E-state index contributed by atoms with van der Waals surface area (Å²) in [4.78, 5) is 0.182. The number of primary sulfonamides is 1. The second-order valence-corrected chi connectivity index (χ2v) is 9.55. The van der Waals surface area contributed by atoms with E-state index in [9.17, 15) is 8.42 Å². The molecule has 0 heterocycles. The topological polar surface area (TPSA) is 60.2 Å². The first-order valence-corrected chi connectivity index (χ1v) is 10.3. The predicted octanol–water partition coefficient (Wildman–Crippen LogP) is 4.32. The van der Waals surface area contributed by atoms with E-state index in [-0.39, 0.29) is 10.3 Å². The lowest BCUT2D eigenvalue weighted by Crippen LogP contribution is -2.11. The molecule has 1 aliphatic carbocycles. The minimum atomic E-state index is -3.62. The first-order chi connectivity index (χ1) is 11.6. The average molecular weight is 358 g/mol. The molecule has 0 spiro atoms. The smallest absolute Gasteiger partial charge is 0.225 e.